The first-order valence-electron chi connectivity index (χ1n) is 14.0. The van der Waals surface area contributed by atoms with E-state index in [1.165, 1.54) is 19.3 Å². The van der Waals surface area contributed by atoms with E-state index in [1.807, 2.05) is 0 Å². The SMILES string of the molecule is CC(C)[C@@H](C)[C@H]1C[C@@H]1[C@@H](C)[C@H]1CC[C@H]2[C@@H]3C[C@H]4O[C@]45C[C@@H](O)CC(=O)[C@]5(C)[C@H]3[C@H](O)C[C@]12C. The number of rotatable bonds is 4. The fraction of sp³-hybridized carbons (Fsp3) is 0.966. The number of aliphatic hydroxyl groups excluding tert-OH is 2. The van der Waals surface area contributed by atoms with Gasteiger partial charge >= 0.3 is 0 Å². The van der Waals surface area contributed by atoms with Crippen LogP contribution in [0.25, 0.3) is 0 Å². The van der Waals surface area contributed by atoms with Crippen molar-refractivity contribution in [1.82, 2.24) is 0 Å². The Balaban J connectivity index is 1.27. The molecule has 33 heavy (non-hydrogen) atoms. The van der Waals surface area contributed by atoms with E-state index in [2.05, 4.69) is 41.5 Å². The Bertz CT molecular complexity index is 839. The van der Waals surface area contributed by atoms with E-state index in [-0.39, 0.29) is 29.6 Å². The molecule has 5 aliphatic carbocycles. The lowest BCUT2D eigenvalue weighted by atomic mass is 9.43. The Kier molecular flexibility index (Phi) is 4.92. The van der Waals surface area contributed by atoms with Gasteiger partial charge in [0.2, 0.25) is 0 Å². The molecule has 2 N–H and O–H groups in total. The molecule has 1 saturated heterocycles. The molecule has 0 unspecified atom stereocenters. The highest BCUT2D eigenvalue weighted by Gasteiger charge is 2.80. The molecule has 0 amide bonds. The summed E-state index contributed by atoms with van der Waals surface area (Å²) >= 11 is 0. The standard InChI is InChI=1S/C29H46O4/c1-14(2)15(3)18-10-19(18)16(4)21-7-8-22-20-11-25-29(33-25)12-17(30)9-24(32)28(29,6)26(20)23(31)13-27(21,22)5/h14-23,25-26,30-31H,7-13H2,1-6H3/t15-,16-,17+,18-,19-,20+,21-,22+,23-,25-,26-,27-,28-,29-/m1/s1. The smallest absolute Gasteiger partial charge is 0.144 e. The maximum absolute atomic E-state index is 13.4. The largest absolute Gasteiger partial charge is 0.393 e. The van der Waals surface area contributed by atoms with Gasteiger partial charge in [0.15, 0.2) is 0 Å². The minimum atomic E-state index is -0.640. The Morgan fingerprint density at radius 2 is 1.73 bits per heavy atom. The van der Waals surface area contributed by atoms with E-state index in [9.17, 15) is 15.0 Å². The molecule has 5 saturated carbocycles. The van der Waals surface area contributed by atoms with Crippen molar-refractivity contribution in [2.75, 3.05) is 0 Å². The van der Waals surface area contributed by atoms with E-state index in [0.717, 1.165) is 42.4 Å². The molecule has 1 spiro atoms. The zero-order valence-corrected chi connectivity index (χ0v) is 21.6. The van der Waals surface area contributed by atoms with Crippen LogP contribution in [0.1, 0.15) is 86.5 Å². The Labute approximate surface area is 200 Å². The van der Waals surface area contributed by atoms with Gasteiger partial charge in [-0.05, 0) is 91.8 Å². The third-order valence-corrected chi connectivity index (χ3v) is 12.8. The Morgan fingerprint density at radius 3 is 2.42 bits per heavy atom. The van der Waals surface area contributed by atoms with Crippen molar-refractivity contribution in [3.8, 4) is 0 Å². The zero-order valence-electron chi connectivity index (χ0n) is 21.6. The van der Waals surface area contributed by atoms with Gasteiger partial charge in [-0.3, -0.25) is 4.79 Å². The highest BCUT2D eigenvalue weighted by Crippen LogP contribution is 2.74. The van der Waals surface area contributed by atoms with Crippen LogP contribution < -0.4 is 0 Å². The highest BCUT2D eigenvalue weighted by atomic mass is 16.6. The molecule has 0 aromatic carbocycles. The topological polar surface area (TPSA) is 70.1 Å². The summed E-state index contributed by atoms with van der Waals surface area (Å²) < 4.78 is 6.33. The van der Waals surface area contributed by atoms with E-state index in [4.69, 9.17) is 4.74 Å². The average Bonchev–Trinajstić information content (AvgIpc) is 3.62. The predicted octanol–water partition coefficient (Wildman–Crippen LogP) is 4.85. The van der Waals surface area contributed by atoms with Crippen LogP contribution in [0.2, 0.25) is 0 Å². The summed E-state index contributed by atoms with van der Waals surface area (Å²) in [5, 5.41) is 22.1. The van der Waals surface area contributed by atoms with Crippen molar-refractivity contribution in [2.24, 2.45) is 64.1 Å². The maximum Gasteiger partial charge on any atom is 0.144 e. The van der Waals surface area contributed by atoms with Crippen LogP contribution in [-0.2, 0) is 9.53 Å². The summed E-state index contributed by atoms with van der Waals surface area (Å²) in [5.74, 6) is 5.74. The molecule has 1 aliphatic heterocycles. The van der Waals surface area contributed by atoms with Gasteiger partial charge in [0, 0.05) is 18.8 Å². The lowest BCUT2D eigenvalue weighted by molar-refractivity contribution is -0.180. The number of epoxide rings is 1. The number of ether oxygens (including phenoxy) is 1. The summed E-state index contributed by atoms with van der Waals surface area (Å²) in [6.07, 6.45) is 5.55. The van der Waals surface area contributed by atoms with Gasteiger partial charge in [0.1, 0.15) is 11.4 Å². The molecule has 14 atom stereocenters. The normalized spacial score (nSPS) is 58.7. The molecule has 1 heterocycles. The summed E-state index contributed by atoms with van der Waals surface area (Å²) in [6.45, 7) is 14.3. The first-order valence-corrected chi connectivity index (χ1v) is 14.0. The second-order valence-corrected chi connectivity index (χ2v) is 14.2. The van der Waals surface area contributed by atoms with Crippen molar-refractivity contribution in [1.29, 1.82) is 0 Å². The van der Waals surface area contributed by atoms with Gasteiger partial charge in [-0.15, -0.1) is 0 Å². The molecule has 4 heteroatoms. The van der Waals surface area contributed by atoms with Crippen LogP contribution in [0.3, 0.4) is 0 Å². The maximum atomic E-state index is 13.4. The summed E-state index contributed by atoms with van der Waals surface area (Å²) in [4.78, 5) is 13.4. The number of carbonyl (C=O) groups is 1. The fourth-order valence-corrected chi connectivity index (χ4v) is 10.7. The van der Waals surface area contributed by atoms with Gasteiger partial charge in [-0.2, -0.15) is 0 Å². The summed E-state index contributed by atoms with van der Waals surface area (Å²) in [7, 11) is 0. The van der Waals surface area contributed by atoms with Crippen molar-refractivity contribution < 1.29 is 19.7 Å². The summed E-state index contributed by atoms with van der Waals surface area (Å²) in [5.41, 5.74) is -0.994. The van der Waals surface area contributed by atoms with E-state index in [0.29, 0.717) is 24.2 Å². The minimum absolute atomic E-state index is 0.0157. The molecule has 0 bridgehead atoms. The average molecular weight is 459 g/mol. The van der Waals surface area contributed by atoms with Crippen molar-refractivity contribution in [3.63, 3.8) is 0 Å². The Hall–Kier alpha value is -0.450. The molecule has 6 aliphatic rings. The molecule has 6 rings (SSSR count). The quantitative estimate of drug-likeness (QED) is 0.591. The van der Waals surface area contributed by atoms with Gasteiger partial charge in [0.25, 0.3) is 0 Å². The van der Waals surface area contributed by atoms with Crippen LogP contribution in [0.15, 0.2) is 0 Å². The van der Waals surface area contributed by atoms with Crippen molar-refractivity contribution >= 4 is 5.78 Å². The first-order chi connectivity index (χ1) is 15.5. The number of Topliss-reactive ketones (excluding diaryl/α,β-unsaturated/α-hetero) is 1. The molecule has 0 radical (unpaired) electrons. The monoisotopic (exact) mass is 458 g/mol. The molecule has 4 nitrogen and oxygen atoms in total. The van der Waals surface area contributed by atoms with Crippen LogP contribution in [0.4, 0.5) is 0 Å². The summed E-state index contributed by atoms with van der Waals surface area (Å²) in [6, 6.07) is 0. The van der Waals surface area contributed by atoms with Crippen LogP contribution in [0.5, 0.6) is 0 Å². The minimum Gasteiger partial charge on any atom is -0.393 e. The van der Waals surface area contributed by atoms with Gasteiger partial charge in [0.05, 0.1) is 23.7 Å². The molecule has 186 valence electrons. The number of ketones is 1. The lowest BCUT2D eigenvalue weighted by Gasteiger charge is -2.60. The highest BCUT2D eigenvalue weighted by molar-refractivity contribution is 5.89. The van der Waals surface area contributed by atoms with Gasteiger partial charge < -0.3 is 14.9 Å². The molecule has 6 fully saturated rings. The van der Waals surface area contributed by atoms with Crippen LogP contribution >= 0.6 is 0 Å². The first kappa shape index (κ1) is 23.0. The fourth-order valence-electron chi connectivity index (χ4n) is 10.7. The Morgan fingerprint density at radius 1 is 1.00 bits per heavy atom. The zero-order chi connectivity index (χ0) is 23.7. The lowest BCUT2D eigenvalue weighted by Crippen LogP contribution is -2.66. The van der Waals surface area contributed by atoms with E-state index < -0.39 is 23.2 Å². The van der Waals surface area contributed by atoms with Crippen LogP contribution in [-0.4, -0.2) is 39.9 Å². The second-order valence-electron chi connectivity index (χ2n) is 14.2. The number of hydrogen-bond acceptors (Lipinski definition) is 4. The van der Waals surface area contributed by atoms with E-state index in [1.54, 1.807) is 0 Å². The van der Waals surface area contributed by atoms with Crippen molar-refractivity contribution in [2.45, 2.75) is 110 Å². The number of aliphatic hydroxyl groups is 2. The van der Waals surface area contributed by atoms with Crippen molar-refractivity contribution in [3.05, 3.63) is 0 Å². The van der Waals surface area contributed by atoms with Gasteiger partial charge in [-0.25, -0.2) is 0 Å². The molecular weight excluding hydrogens is 412 g/mol. The van der Waals surface area contributed by atoms with Crippen LogP contribution in [0, 0.1) is 64.1 Å². The number of fused-ring (bicyclic) bond motifs is 4. The molecule has 0 aromatic rings. The third-order valence-electron chi connectivity index (χ3n) is 12.8. The second kappa shape index (κ2) is 7.07. The number of carbonyl (C=O) groups excluding carboxylic acids is 1. The van der Waals surface area contributed by atoms with E-state index >= 15 is 0 Å². The molecular formula is C29H46O4. The van der Waals surface area contributed by atoms with Gasteiger partial charge in [-0.1, -0.05) is 34.6 Å². The number of hydrogen-bond donors (Lipinski definition) is 2. The predicted molar refractivity (Wildman–Crippen MR) is 127 cm³/mol. The third kappa shape index (κ3) is 2.84. The molecule has 0 aromatic heterocycles.